The van der Waals surface area contributed by atoms with E-state index in [1.165, 1.54) is 17.8 Å². The third-order valence-electron chi connectivity index (χ3n) is 6.73. The first-order valence-electron chi connectivity index (χ1n) is 11.5. The highest BCUT2D eigenvalue weighted by Crippen LogP contribution is 2.47. The van der Waals surface area contributed by atoms with Gasteiger partial charge in [-0.2, -0.15) is 4.98 Å². The number of methoxy groups -OCH3 is 1. The Morgan fingerprint density at radius 2 is 1.77 bits per heavy atom. The van der Waals surface area contributed by atoms with Crippen molar-refractivity contribution in [3.05, 3.63) is 50.4 Å². The monoisotopic (exact) mass is 539 g/mol. The second kappa shape index (κ2) is 9.54. The summed E-state index contributed by atoms with van der Waals surface area (Å²) in [6.07, 6.45) is 0.849. The van der Waals surface area contributed by atoms with Crippen molar-refractivity contribution in [2.75, 3.05) is 30.9 Å². The van der Waals surface area contributed by atoms with Gasteiger partial charge in [0.1, 0.15) is 17.5 Å². The van der Waals surface area contributed by atoms with Crippen LogP contribution in [0.2, 0.25) is 10.0 Å². The molecule has 2 aliphatic heterocycles. The van der Waals surface area contributed by atoms with Crippen molar-refractivity contribution in [2.45, 2.75) is 37.8 Å². The number of anilines is 1. The summed E-state index contributed by atoms with van der Waals surface area (Å²) in [5.41, 5.74) is 0.704. The number of piperidine rings is 1. The lowest BCUT2D eigenvalue weighted by atomic mass is 9.91. The Morgan fingerprint density at radius 1 is 1.06 bits per heavy atom. The fourth-order valence-electron chi connectivity index (χ4n) is 5.29. The molecule has 1 aromatic heterocycles. The summed E-state index contributed by atoms with van der Waals surface area (Å²) in [5, 5.41) is 0.804. The van der Waals surface area contributed by atoms with Gasteiger partial charge in [-0.1, -0.05) is 37.0 Å². The second-order valence-electron chi connectivity index (χ2n) is 9.55. The maximum Gasteiger partial charge on any atom is 0.350 e. The highest BCUT2D eigenvalue weighted by Gasteiger charge is 2.31. The van der Waals surface area contributed by atoms with E-state index in [9.17, 15) is 9.18 Å². The van der Waals surface area contributed by atoms with E-state index in [0.29, 0.717) is 45.9 Å². The molecule has 0 N–H and O–H groups in total. The van der Waals surface area contributed by atoms with Crippen LogP contribution < -0.4 is 10.6 Å². The molecular formula is C25H25Cl2F2N3O2S. The highest BCUT2D eigenvalue weighted by molar-refractivity contribution is 7.99. The Kier molecular flexibility index (Phi) is 6.76. The summed E-state index contributed by atoms with van der Waals surface area (Å²) in [5.74, 6) is 0.377. The molecule has 5 nitrogen and oxygen atoms in total. The van der Waals surface area contributed by atoms with E-state index in [2.05, 4.69) is 23.7 Å². The number of rotatable bonds is 3. The molecule has 0 radical (unpaired) electrons. The lowest BCUT2D eigenvalue weighted by molar-refractivity contribution is 0.107. The van der Waals surface area contributed by atoms with Gasteiger partial charge in [-0.05, 0) is 30.4 Å². The number of ether oxygens (including phenoxy) is 1. The van der Waals surface area contributed by atoms with Crippen molar-refractivity contribution in [2.24, 2.45) is 11.8 Å². The first-order chi connectivity index (χ1) is 16.7. The summed E-state index contributed by atoms with van der Waals surface area (Å²) in [4.78, 5) is 20.7. The quantitative estimate of drug-likeness (QED) is 0.368. The number of aromatic nitrogens is 2. The number of halogens is 4. The summed E-state index contributed by atoms with van der Waals surface area (Å²) < 4.78 is 36.2. The highest BCUT2D eigenvalue weighted by atomic mass is 35.5. The zero-order valence-corrected chi connectivity index (χ0v) is 21.9. The van der Waals surface area contributed by atoms with Gasteiger partial charge in [0.15, 0.2) is 0 Å². The van der Waals surface area contributed by atoms with Crippen LogP contribution in [0.1, 0.15) is 20.3 Å². The smallest absolute Gasteiger partial charge is 0.350 e. The van der Waals surface area contributed by atoms with Crippen LogP contribution in [0, 0.1) is 23.5 Å². The number of hydrogen-bond acceptors (Lipinski definition) is 5. The molecule has 3 aromatic rings. The van der Waals surface area contributed by atoms with E-state index in [1.807, 2.05) is 0 Å². The largest absolute Gasteiger partial charge is 0.379 e. The Hall–Kier alpha value is -1.87. The number of thioether (sulfide) groups is 1. The van der Waals surface area contributed by atoms with Crippen LogP contribution in [-0.4, -0.2) is 41.6 Å². The van der Waals surface area contributed by atoms with E-state index < -0.39 is 17.3 Å². The van der Waals surface area contributed by atoms with Crippen LogP contribution in [-0.2, 0) is 11.3 Å². The zero-order valence-electron chi connectivity index (χ0n) is 19.6. The average molecular weight is 540 g/mol. The molecule has 0 unspecified atom stereocenters. The van der Waals surface area contributed by atoms with Crippen LogP contribution in [0.25, 0.3) is 22.0 Å². The van der Waals surface area contributed by atoms with E-state index in [1.54, 1.807) is 17.7 Å². The fraction of sp³-hybridized carbons (Fsp3) is 0.440. The SMILES string of the molecule is CO[C@@H]1CSc2c(-c3cc(Cl)c(F)cc3F)c(Cl)cc3c(N4C[C@H](C)C[C@H](C)C4)nc(=O)n(c23)C1. The minimum Gasteiger partial charge on any atom is -0.379 e. The second-order valence-corrected chi connectivity index (χ2v) is 11.4. The Morgan fingerprint density at radius 3 is 2.46 bits per heavy atom. The minimum atomic E-state index is -0.848. The van der Waals surface area contributed by atoms with Crippen molar-refractivity contribution in [1.29, 1.82) is 0 Å². The molecular weight excluding hydrogens is 515 g/mol. The molecule has 5 rings (SSSR count). The minimum absolute atomic E-state index is 0.0826. The summed E-state index contributed by atoms with van der Waals surface area (Å²) in [6, 6.07) is 3.74. The van der Waals surface area contributed by atoms with Gasteiger partial charge in [0, 0.05) is 53.4 Å². The maximum atomic E-state index is 15.0. The van der Waals surface area contributed by atoms with Crippen molar-refractivity contribution >= 4 is 51.7 Å². The molecule has 3 heterocycles. The van der Waals surface area contributed by atoms with E-state index in [4.69, 9.17) is 27.9 Å². The third-order valence-corrected chi connectivity index (χ3v) is 8.54. The molecule has 0 bridgehead atoms. The van der Waals surface area contributed by atoms with Gasteiger partial charge in [0.05, 0.1) is 28.2 Å². The summed E-state index contributed by atoms with van der Waals surface area (Å²) in [6.45, 7) is 6.24. The van der Waals surface area contributed by atoms with Gasteiger partial charge in [0.2, 0.25) is 0 Å². The Labute approximate surface area is 216 Å². The molecule has 0 amide bonds. The topological polar surface area (TPSA) is 47.4 Å². The first kappa shape index (κ1) is 24.8. The van der Waals surface area contributed by atoms with Crippen LogP contribution in [0.3, 0.4) is 0 Å². The first-order valence-corrected chi connectivity index (χ1v) is 13.2. The van der Waals surface area contributed by atoms with Gasteiger partial charge in [-0.3, -0.25) is 4.57 Å². The third kappa shape index (κ3) is 4.43. The molecule has 0 spiro atoms. The van der Waals surface area contributed by atoms with Crippen molar-refractivity contribution in [3.63, 3.8) is 0 Å². The zero-order chi connectivity index (χ0) is 25.0. The van der Waals surface area contributed by atoms with Crippen molar-refractivity contribution in [3.8, 4) is 11.1 Å². The molecule has 186 valence electrons. The molecule has 0 aliphatic carbocycles. The van der Waals surface area contributed by atoms with Crippen molar-refractivity contribution in [1.82, 2.24) is 9.55 Å². The predicted molar refractivity (Wildman–Crippen MR) is 138 cm³/mol. The number of hydrogen-bond donors (Lipinski definition) is 0. The van der Waals surface area contributed by atoms with Crippen LogP contribution in [0.15, 0.2) is 27.9 Å². The van der Waals surface area contributed by atoms with Gasteiger partial charge >= 0.3 is 5.69 Å². The fourth-order valence-corrected chi connectivity index (χ4v) is 7.13. The molecule has 1 saturated heterocycles. The molecule has 1 fully saturated rings. The average Bonchev–Trinajstić information content (AvgIpc) is 2.99. The Bertz CT molecular complexity index is 1370. The van der Waals surface area contributed by atoms with Gasteiger partial charge in [0.25, 0.3) is 0 Å². The van der Waals surface area contributed by atoms with Crippen LogP contribution >= 0.6 is 35.0 Å². The van der Waals surface area contributed by atoms with E-state index >= 15 is 4.39 Å². The molecule has 0 saturated carbocycles. The van der Waals surface area contributed by atoms with Crippen LogP contribution in [0.5, 0.6) is 0 Å². The molecule has 2 aliphatic rings. The molecule has 2 aromatic carbocycles. The predicted octanol–water partition coefficient (Wildman–Crippen LogP) is 6.25. The van der Waals surface area contributed by atoms with E-state index in [0.717, 1.165) is 31.0 Å². The van der Waals surface area contributed by atoms with Crippen LogP contribution in [0.4, 0.5) is 14.6 Å². The Balaban J connectivity index is 1.84. The van der Waals surface area contributed by atoms with Crippen molar-refractivity contribution < 1.29 is 13.5 Å². The summed E-state index contributed by atoms with van der Waals surface area (Å²) in [7, 11) is 1.59. The maximum absolute atomic E-state index is 15.0. The molecule has 3 atom stereocenters. The number of benzene rings is 2. The summed E-state index contributed by atoms with van der Waals surface area (Å²) >= 11 is 14.3. The van der Waals surface area contributed by atoms with Gasteiger partial charge < -0.3 is 9.64 Å². The lowest BCUT2D eigenvalue weighted by Gasteiger charge is -2.36. The lowest BCUT2D eigenvalue weighted by Crippen LogP contribution is -2.41. The molecule has 35 heavy (non-hydrogen) atoms. The van der Waals surface area contributed by atoms with Gasteiger partial charge in [-0.25, -0.2) is 13.6 Å². The normalized spacial score (nSPS) is 22.5. The number of nitrogens with zero attached hydrogens (tertiary/aromatic N) is 3. The van der Waals surface area contributed by atoms with Gasteiger partial charge in [-0.15, -0.1) is 11.8 Å². The molecule has 10 heteroatoms. The standard InChI is InChI=1S/C25H25Cl2F2N3O2S/c1-12-4-13(2)9-31(8-12)24-16-6-18(27)21(15-5-17(26)20(29)7-19(15)28)23-22(16)32(25(33)30-24)10-14(34-3)11-35-23/h5-7,12-14H,4,8-11H2,1-3H3/t12-,13+,14-/m0/s1. The van der Waals surface area contributed by atoms with E-state index in [-0.39, 0.29) is 21.7 Å².